The molecule has 0 bridgehead atoms. The van der Waals surface area contributed by atoms with Gasteiger partial charge in [0.25, 0.3) is 0 Å². The van der Waals surface area contributed by atoms with Gasteiger partial charge in [0, 0.05) is 27.1 Å². The Morgan fingerprint density at radius 2 is 2.11 bits per heavy atom. The molecule has 2 aromatic heterocycles. The van der Waals surface area contributed by atoms with E-state index in [1.165, 1.54) is 25.9 Å². The molecule has 0 radical (unpaired) electrons. The highest BCUT2D eigenvalue weighted by molar-refractivity contribution is 9.10. The van der Waals surface area contributed by atoms with E-state index in [9.17, 15) is 0 Å². The predicted molar refractivity (Wildman–Crippen MR) is 85.8 cm³/mol. The molecule has 0 amide bonds. The van der Waals surface area contributed by atoms with Crippen LogP contribution in [0.1, 0.15) is 10.6 Å². The average molecular weight is 335 g/mol. The number of para-hydroxylation sites is 1. The maximum atomic E-state index is 3.62. The lowest BCUT2D eigenvalue weighted by molar-refractivity contribution is 0.713. The Hall–Kier alpha value is -1.10. The van der Waals surface area contributed by atoms with E-state index in [1.54, 1.807) is 11.3 Å². The third-order valence-electron chi connectivity index (χ3n) is 3.25. The summed E-state index contributed by atoms with van der Waals surface area (Å²) >= 11 is 5.42. The van der Waals surface area contributed by atoms with Crippen molar-refractivity contribution < 1.29 is 0 Å². The fraction of sp³-hybridized carbons (Fsp3) is 0.200. The van der Waals surface area contributed by atoms with E-state index in [-0.39, 0.29) is 0 Å². The molecule has 98 valence electrons. The van der Waals surface area contributed by atoms with Crippen LogP contribution < -0.4 is 5.32 Å². The van der Waals surface area contributed by atoms with E-state index in [4.69, 9.17) is 0 Å². The minimum atomic E-state index is 0.887. The van der Waals surface area contributed by atoms with Crippen LogP contribution in [0.4, 0.5) is 0 Å². The molecule has 4 heteroatoms. The minimum absolute atomic E-state index is 0.887. The molecule has 0 saturated carbocycles. The molecule has 3 aromatic rings. The van der Waals surface area contributed by atoms with Crippen molar-refractivity contribution in [3.05, 3.63) is 56.8 Å². The third-order valence-corrected chi connectivity index (χ3v) is 5.16. The molecule has 0 atom stereocenters. The molecular formula is C15H15BrN2S. The van der Waals surface area contributed by atoms with Crippen LogP contribution in [0.2, 0.25) is 0 Å². The zero-order chi connectivity index (χ0) is 13.2. The first-order valence-corrected chi connectivity index (χ1v) is 7.90. The number of hydrogen-bond acceptors (Lipinski definition) is 2. The second-order valence-electron chi connectivity index (χ2n) is 4.50. The second kappa shape index (κ2) is 5.49. The van der Waals surface area contributed by atoms with Gasteiger partial charge in [-0.2, -0.15) is 0 Å². The average Bonchev–Trinajstić information content (AvgIpc) is 2.96. The molecule has 2 heterocycles. The van der Waals surface area contributed by atoms with Crippen LogP contribution in [0.5, 0.6) is 0 Å². The number of fused-ring (bicyclic) bond motifs is 1. The summed E-state index contributed by atoms with van der Waals surface area (Å²) in [7, 11) is 1.99. The Morgan fingerprint density at radius 3 is 2.84 bits per heavy atom. The molecule has 3 rings (SSSR count). The summed E-state index contributed by atoms with van der Waals surface area (Å²) in [6.45, 7) is 1.81. The van der Waals surface area contributed by atoms with E-state index in [0.717, 1.165) is 13.1 Å². The Kier molecular flexibility index (Phi) is 3.73. The van der Waals surface area contributed by atoms with E-state index in [2.05, 4.69) is 67.6 Å². The topological polar surface area (TPSA) is 17.0 Å². The fourth-order valence-corrected chi connectivity index (χ4v) is 3.83. The van der Waals surface area contributed by atoms with Gasteiger partial charge >= 0.3 is 0 Å². The highest BCUT2D eigenvalue weighted by atomic mass is 79.9. The van der Waals surface area contributed by atoms with Crippen LogP contribution in [-0.4, -0.2) is 11.6 Å². The van der Waals surface area contributed by atoms with Gasteiger partial charge in [-0.3, -0.25) is 0 Å². The first kappa shape index (κ1) is 12.9. The van der Waals surface area contributed by atoms with E-state index in [0.29, 0.717) is 0 Å². The predicted octanol–water partition coefficient (Wildman–Crippen LogP) is 4.23. The van der Waals surface area contributed by atoms with Crippen molar-refractivity contribution >= 4 is 38.2 Å². The number of hydrogen-bond donors (Lipinski definition) is 1. The van der Waals surface area contributed by atoms with Crippen LogP contribution >= 0.6 is 27.3 Å². The van der Waals surface area contributed by atoms with Crippen molar-refractivity contribution in [1.82, 2.24) is 9.88 Å². The van der Waals surface area contributed by atoms with Gasteiger partial charge in [-0.05, 0) is 51.9 Å². The minimum Gasteiger partial charge on any atom is -0.338 e. The van der Waals surface area contributed by atoms with Gasteiger partial charge in [-0.25, -0.2) is 0 Å². The van der Waals surface area contributed by atoms with Gasteiger partial charge in [0.15, 0.2) is 0 Å². The summed E-state index contributed by atoms with van der Waals surface area (Å²) in [5, 5.41) is 6.68. The maximum absolute atomic E-state index is 3.62. The second-order valence-corrected chi connectivity index (χ2v) is 6.36. The van der Waals surface area contributed by atoms with Crippen molar-refractivity contribution in [2.24, 2.45) is 0 Å². The number of thiophene rings is 1. The lowest BCUT2D eigenvalue weighted by atomic mass is 10.2. The molecular weight excluding hydrogens is 320 g/mol. The highest BCUT2D eigenvalue weighted by Crippen LogP contribution is 2.27. The van der Waals surface area contributed by atoms with Crippen molar-refractivity contribution in [1.29, 1.82) is 0 Å². The molecule has 0 unspecified atom stereocenters. The molecule has 1 N–H and O–H groups in total. The van der Waals surface area contributed by atoms with E-state index < -0.39 is 0 Å². The Bertz CT molecular complexity index is 699. The summed E-state index contributed by atoms with van der Waals surface area (Å²) in [5.74, 6) is 0. The number of aromatic nitrogens is 1. The van der Waals surface area contributed by atoms with Crippen LogP contribution in [0.3, 0.4) is 0 Å². The van der Waals surface area contributed by atoms with E-state index >= 15 is 0 Å². The summed E-state index contributed by atoms with van der Waals surface area (Å²) in [4.78, 5) is 1.36. The smallest absolute Gasteiger partial charge is 0.0584 e. The summed E-state index contributed by atoms with van der Waals surface area (Å²) in [5.41, 5.74) is 2.62. The Balaban J connectivity index is 2.09. The Labute approximate surface area is 125 Å². The first-order valence-electron chi connectivity index (χ1n) is 6.23. The number of nitrogens with one attached hydrogen (secondary N) is 1. The standard InChI is InChI=1S/C15H15BrN2S/c1-17-9-12-8-11-4-2-3-5-14(11)18(12)10-15-13(16)6-7-19-15/h2-8,17H,9-10H2,1H3. The quantitative estimate of drug-likeness (QED) is 0.755. The van der Waals surface area contributed by atoms with Crippen LogP contribution in [-0.2, 0) is 13.1 Å². The molecule has 1 aromatic carbocycles. The molecule has 2 nitrogen and oxygen atoms in total. The summed E-state index contributed by atoms with van der Waals surface area (Å²) in [6, 6.07) is 12.9. The van der Waals surface area contributed by atoms with Gasteiger partial charge in [0.05, 0.1) is 6.54 Å². The largest absolute Gasteiger partial charge is 0.338 e. The number of halogens is 1. The van der Waals surface area contributed by atoms with Crippen LogP contribution in [0.25, 0.3) is 10.9 Å². The van der Waals surface area contributed by atoms with E-state index in [1.807, 2.05) is 7.05 Å². The Morgan fingerprint density at radius 1 is 1.26 bits per heavy atom. The van der Waals surface area contributed by atoms with Gasteiger partial charge in [0.1, 0.15) is 0 Å². The van der Waals surface area contributed by atoms with Gasteiger partial charge in [0.2, 0.25) is 0 Å². The van der Waals surface area contributed by atoms with Crippen LogP contribution in [0.15, 0.2) is 46.3 Å². The van der Waals surface area contributed by atoms with Crippen molar-refractivity contribution in [2.75, 3.05) is 7.05 Å². The summed E-state index contributed by atoms with van der Waals surface area (Å²) in [6.07, 6.45) is 0. The number of nitrogens with zero attached hydrogens (tertiary/aromatic N) is 1. The number of benzene rings is 1. The van der Waals surface area contributed by atoms with Gasteiger partial charge in [-0.15, -0.1) is 11.3 Å². The zero-order valence-corrected chi connectivity index (χ0v) is 13.1. The van der Waals surface area contributed by atoms with Crippen molar-refractivity contribution in [3.63, 3.8) is 0 Å². The molecule has 0 aliphatic rings. The monoisotopic (exact) mass is 334 g/mol. The normalized spacial score (nSPS) is 11.3. The highest BCUT2D eigenvalue weighted by Gasteiger charge is 2.10. The first-order chi connectivity index (χ1) is 9.29. The molecule has 0 saturated heterocycles. The van der Waals surface area contributed by atoms with Crippen LogP contribution in [0, 0.1) is 0 Å². The zero-order valence-electron chi connectivity index (χ0n) is 10.7. The molecule has 0 aliphatic carbocycles. The molecule has 0 spiro atoms. The maximum Gasteiger partial charge on any atom is 0.0584 e. The number of rotatable bonds is 4. The molecule has 0 aliphatic heterocycles. The van der Waals surface area contributed by atoms with Gasteiger partial charge in [-0.1, -0.05) is 18.2 Å². The molecule has 0 fully saturated rings. The SMILES string of the molecule is CNCc1cc2ccccc2n1Cc1sccc1Br. The lowest BCUT2D eigenvalue weighted by Crippen LogP contribution is -2.11. The fourth-order valence-electron chi connectivity index (χ4n) is 2.36. The molecule has 19 heavy (non-hydrogen) atoms. The third kappa shape index (κ3) is 2.48. The van der Waals surface area contributed by atoms with Gasteiger partial charge < -0.3 is 9.88 Å². The lowest BCUT2D eigenvalue weighted by Gasteiger charge is -2.10. The van der Waals surface area contributed by atoms with Crippen molar-refractivity contribution in [2.45, 2.75) is 13.1 Å². The van der Waals surface area contributed by atoms with Crippen molar-refractivity contribution in [3.8, 4) is 0 Å². The summed E-state index contributed by atoms with van der Waals surface area (Å²) < 4.78 is 3.59.